The predicted octanol–water partition coefficient (Wildman–Crippen LogP) is 4.30. The van der Waals surface area contributed by atoms with E-state index in [1.807, 2.05) is 19.1 Å². The van der Waals surface area contributed by atoms with Gasteiger partial charge >= 0.3 is 0 Å². The molecule has 1 saturated carbocycles. The first-order valence-electron chi connectivity index (χ1n) is 7.16. The van der Waals surface area contributed by atoms with Gasteiger partial charge < -0.3 is 5.32 Å². The van der Waals surface area contributed by atoms with Crippen molar-refractivity contribution in [1.82, 2.24) is 5.32 Å². The zero-order valence-corrected chi connectivity index (χ0v) is 11.5. The van der Waals surface area contributed by atoms with E-state index >= 15 is 0 Å². The summed E-state index contributed by atoms with van der Waals surface area (Å²) >= 11 is 0. The molecule has 3 unspecified atom stereocenters. The van der Waals surface area contributed by atoms with E-state index in [1.54, 1.807) is 6.07 Å². The molecule has 2 rings (SSSR count). The van der Waals surface area contributed by atoms with Crippen molar-refractivity contribution in [2.45, 2.75) is 45.6 Å². The molecule has 1 aromatic rings. The van der Waals surface area contributed by atoms with Gasteiger partial charge in [0.1, 0.15) is 5.82 Å². The van der Waals surface area contributed by atoms with Crippen LogP contribution in [0.5, 0.6) is 0 Å². The van der Waals surface area contributed by atoms with E-state index in [0.29, 0.717) is 0 Å². The number of nitrogens with one attached hydrogen (secondary N) is 1. The Morgan fingerprint density at radius 2 is 2.00 bits per heavy atom. The molecule has 100 valence electrons. The number of hydrogen-bond acceptors (Lipinski definition) is 1. The van der Waals surface area contributed by atoms with Crippen molar-refractivity contribution in [3.63, 3.8) is 0 Å². The van der Waals surface area contributed by atoms with E-state index in [9.17, 15) is 4.39 Å². The Hall–Kier alpha value is -0.890. The van der Waals surface area contributed by atoms with Crippen LogP contribution in [-0.2, 0) is 0 Å². The van der Waals surface area contributed by atoms with Crippen molar-refractivity contribution in [3.8, 4) is 0 Å². The van der Waals surface area contributed by atoms with Gasteiger partial charge in [-0.2, -0.15) is 0 Å². The number of halogens is 1. The van der Waals surface area contributed by atoms with Gasteiger partial charge in [-0.25, -0.2) is 4.39 Å². The second-order valence-corrected chi connectivity index (χ2v) is 5.67. The second-order valence-electron chi connectivity index (χ2n) is 5.67. The molecule has 0 heterocycles. The molecular formula is C16H24FN. The summed E-state index contributed by atoms with van der Waals surface area (Å²) in [5, 5.41) is 3.50. The first-order chi connectivity index (χ1) is 8.68. The van der Waals surface area contributed by atoms with Crippen LogP contribution in [0.25, 0.3) is 0 Å². The Balaban J connectivity index is 1.88. The summed E-state index contributed by atoms with van der Waals surface area (Å²) in [7, 11) is 0. The molecule has 1 aromatic carbocycles. The second kappa shape index (κ2) is 6.33. The lowest BCUT2D eigenvalue weighted by Gasteiger charge is -2.30. The van der Waals surface area contributed by atoms with Crippen molar-refractivity contribution < 1.29 is 4.39 Å². The maximum absolute atomic E-state index is 13.6. The summed E-state index contributed by atoms with van der Waals surface area (Å²) in [5.41, 5.74) is 0.779. The molecule has 0 amide bonds. The number of hydrogen-bond donors (Lipinski definition) is 1. The lowest BCUT2D eigenvalue weighted by atomic mass is 9.80. The Kier molecular flexibility index (Phi) is 4.76. The van der Waals surface area contributed by atoms with Crippen LogP contribution in [-0.4, -0.2) is 6.54 Å². The van der Waals surface area contributed by atoms with Gasteiger partial charge in [0, 0.05) is 11.6 Å². The fraction of sp³-hybridized carbons (Fsp3) is 0.625. The number of rotatable bonds is 4. The van der Waals surface area contributed by atoms with Crippen LogP contribution in [0.4, 0.5) is 4.39 Å². The molecule has 0 aliphatic heterocycles. The molecule has 1 N–H and O–H groups in total. The van der Waals surface area contributed by atoms with Crippen LogP contribution in [0.3, 0.4) is 0 Å². The molecule has 2 heteroatoms. The van der Waals surface area contributed by atoms with Crippen molar-refractivity contribution in [2.75, 3.05) is 6.54 Å². The van der Waals surface area contributed by atoms with Crippen molar-refractivity contribution >= 4 is 0 Å². The third-order valence-corrected chi connectivity index (χ3v) is 4.35. The fourth-order valence-electron chi connectivity index (χ4n) is 2.96. The summed E-state index contributed by atoms with van der Waals surface area (Å²) in [6.07, 6.45) is 5.39. The zero-order chi connectivity index (χ0) is 13.0. The Labute approximate surface area is 110 Å². The third-order valence-electron chi connectivity index (χ3n) is 4.35. The van der Waals surface area contributed by atoms with Crippen LogP contribution < -0.4 is 5.32 Å². The quantitative estimate of drug-likeness (QED) is 0.838. The molecule has 0 aromatic heterocycles. The Morgan fingerprint density at radius 3 is 2.72 bits per heavy atom. The summed E-state index contributed by atoms with van der Waals surface area (Å²) < 4.78 is 13.6. The lowest BCUT2D eigenvalue weighted by molar-refractivity contribution is 0.242. The number of benzene rings is 1. The summed E-state index contributed by atoms with van der Waals surface area (Å²) in [6.45, 7) is 5.40. The van der Waals surface area contributed by atoms with E-state index in [2.05, 4.69) is 12.2 Å². The highest BCUT2D eigenvalue weighted by Crippen LogP contribution is 2.29. The van der Waals surface area contributed by atoms with Crippen LogP contribution in [0.2, 0.25) is 0 Å². The minimum absolute atomic E-state index is 0.0975. The largest absolute Gasteiger partial charge is 0.310 e. The van der Waals surface area contributed by atoms with Crippen LogP contribution in [0.1, 0.15) is 51.1 Å². The molecule has 0 bridgehead atoms. The SMILES string of the molecule is CC(NCC1CCCCC1C)c1ccccc1F. The summed E-state index contributed by atoms with van der Waals surface area (Å²) in [6, 6.07) is 7.16. The monoisotopic (exact) mass is 249 g/mol. The van der Waals surface area contributed by atoms with Crippen LogP contribution in [0, 0.1) is 17.7 Å². The average Bonchev–Trinajstić information content (AvgIpc) is 2.38. The van der Waals surface area contributed by atoms with Gasteiger partial charge in [0.15, 0.2) is 0 Å². The normalized spacial score (nSPS) is 25.9. The molecule has 1 aliphatic rings. The van der Waals surface area contributed by atoms with Gasteiger partial charge in [-0.05, 0) is 37.8 Å². The van der Waals surface area contributed by atoms with Gasteiger partial charge in [0.25, 0.3) is 0 Å². The zero-order valence-electron chi connectivity index (χ0n) is 11.5. The molecule has 1 fully saturated rings. The molecule has 18 heavy (non-hydrogen) atoms. The summed E-state index contributed by atoms with van der Waals surface area (Å²) in [5.74, 6) is 1.46. The minimum atomic E-state index is -0.103. The highest BCUT2D eigenvalue weighted by atomic mass is 19.1. The van der Waals surface area contributed by atoms with E-state index in [4.69, 9.17) is 0 Å². The minimum Gasteiger partial charge on any atom is -0.310 e. The molecule has 0 radical (unpaired) electrons. The fourth-order valence-corrected chi connectivity index (χ4v) is 2.96. The smallest absolute Gasteiger partial charge is 0.127 e. The van der Waals surface area contributed by atoms with Crippen molar-refractivity contribution in [1.29, 1.82) is 0 Å². The van der Waals surface area contributed by atoms with Gasteiger partial charge in [-0.1, -0.05) is 44.4 Å². The van der Waals surface area contributed by atoms with E-state index in [1.165, 1.54) is 31.7 Å². The van der Waals surface area contributed by atoms with Crippen molar-refractivity contribution in [2.24, 2.45) is 11.8 Å². The van der Waals surface area contributed by atoms with E-state index in [-0.39, 0.29) is 11.9 Å². The molecule has 0 saturated heterocycles. The third kappa shape index (κ3) is 3.32. The van der Waals surface area contributed by atoms with E-state index in [0.717, 1.165) is 23.9 Å². The molecule has 3 atom stereocenters. The standard InChI is InChI=1S/C16H24FN/c1-12-7-3-4-8-14(12)11-18-13(2)15-9-5-6-10-16(15)17/h5-6,9-10,12-14,18H,3-4,7-8,11H2,1-2H3. The first-order valence-corrected chi connectivity index (χ1v) is 7.16. The van der Waals surface area contributed by atoms with Crippen molar-refractivity contribution in [3.05, 3.63) is 35.6 Å². The molecular weight excluding hydrogens is 225 g/mol. The topological polar surface area (TPSA) is 12.0 Å². The maximum Gasteiger partial charge on any atom is 0.127 e. The highest BCUT2D eigenvalue weighted by molar-refractivity contribution is 5.20. The van der Waals surface area contributed by atoms with E-state index < -0.39 is 0 Å². The predicted molar refractivity (Wildman–Crippen MR) is 73.9 cm³/mol. The van der Waals surface area contributed by atoms with Gasteiger partial charge in [0.2, 0.25) is 0 Å². The van der Waals surface area contributed by atoms with Crippen LogP contribution in [0.15, 0.2) is 24.3 Å². The Bertz CT molecular complexity index is 377. The lowest BCUT2D eigenvalue weighted by Crippen LogP contribution is -2.31. The molecule has 1 aliphatic carbocycles. The summed E-state index contributed by atoms with van der Waals surface area (Å²) in [4.78, 5) is 0. The molecule has 0 spiro atoms. The van der Waals surface area contributed by atoms with Crippen LogP contribution >= 0.6 is 0 Å². The maximum atomic E-state index is 13.6. The van der Waals surface area contributed by atoms with Gasteiger partial charge in [-0.3, -0.25) is 0 Å². The Morgan fingerprint density at radius 1 is 1.28 bits per heavy atom. The highest BCUT2D eigenvalue weighted by Gasteiger charge is 2.21. The average molecular weight is 249 g/mol. The van der Waals surface area contributed by atoms with Gasteiger partial charge in [-0.15, -0.1) is 0 Å². The van der Waals surface area contributed by atoms with Gasteiger partial charge in [0.05, 0.1) is 0 Å². The molecule has 1 nitrogen and oxygen atoms in total. The first kappa shape index (κ1) is 13.5.